The number of rotatable bonds is 7. The predicted octanol–water partition coefficient (Wildman–Crippen LogP) is 0.778. The van der Waals surface area contributed by atoms with E-state index in [0.717, 1.165) is 51.5 Å². The van der Waals surface area contributed by atoms with Crippen LogP contribution in [0.3, 0.4) is 0 Å². The minimum Gasteiger partial charge on any atom is -0.379 e. The second-order valence-corrected chi connectivity index (χ2v) is 6.21. The summed E-state index contributed by atoms with van der Waals surface area (Å²) in [6, 6.07) is 0.147. The Balaban J connectivity index is 2.08. The summed E-state index contributed by atoms with van der Waals surface area (Å²) in [6.45, 7) is 11.2. The van der Waals surface area contributed by atoms with Crippen LogP contribution in [0.25, 0.3) is 0 Å². The molecule has 1 fully saturated rings. The van der Waals surface area contributed by atoms with Crippen molar-refractivity contribution < 1.29 is 4.74 Å². The first kappa shape index (κ1) is 16.4. The number of nitrogens with one attached hydrogen (secondary N) is 1. The summed E-state index contributed by atoms with van der Waals surface area (Å²) >= 11 is 0. The van der Waals surface area contributed by atoms with Gasteiger partial charge in [-0.3, -0.25) is 16.2 Å². The maximum atomic E-state index is 5.86. The molecule has 1 atom stereocenters. The maximum Gasteiger partial charge on any atom is 0.110 e. The van der Waals surface area contributed by atoms with Gasteiger partial charge in [0, 0.05) is 50.0 Å². The van der Waals surface area contributed by atoms with Gasteiger partial charge >= 0.3 is 0 Å². The Kier molecular flexibility index (Phi) is 5.75. The minimum absolute atomic E-state index is 0.0402. The third-order valence-electron chi connectivity index (χ3n) is 4.53. The predicted molar refractivity (Wildman–Crippen MR) is 83.8 cm³/mol. The van der Waals surface area contributed by atoms with Crippen LogP contribution in [-0.2, 0) is 17.7 Å². The van der Waals surface area contributed by atoms with Crippen molar-refractivity contribution in [2.45, 2.75) is 51.7 Å². The normalized spacial score (nSPS) is 18.9. The molecule has 6 nitrogen and oxygen atoms in total. The summed E-state index contributed by atoms with van der Waals surface area (Å²) in [4.78, 5) is 6.96. The number of nitrogens with two attached hydrogens (primary N) is 1. The largest absolute Gasteiger partial charge is 0.379 e. The number of nitrogens with zero attached hydrogens (tertiary/aromatic N) is 3. The average molecular weight is 295 g/mol. The van der Waals surface area contributed by atoms with Crippen LogP contribution < -0.4 is 11.3 Å². The van der Waals surface area contributed by atoms with Crippen LogP contribution in [0.2, 0.25) is 0 Å². The molecule has 1 aromatic heterocycles. The highest BCUT2D eigenvalue weighted by Crippen LogP contribution is 2.22. The molecule has 1 unspecified atom stereocenters. The Labute approximate surface area is 127 Å². The molecule has 1 aromatic rings. The maximum absolute atomic E-state index is 5.86. The highest BCUT2D eigenvalue weighted by Gasteiger charge is 2.36. The van der Waals surface area contributed by atoms with Gasteiger partial charge in [-0.05, 0) is 20.3 Å². The minimum atomic E-state index is -0.0402. The number of hydrogen-bond acceptors (Lipinski definition) is 5. The first-order valence-corrected chi connectivity index (χ1v) is 7.88. The molecule has 120 valence electrons. The van der Waals surface area contributed by atoms with Gasteiger partial charge in [-0.25, -0.2) is 4.98 Å². The third-order valence-corrected chi connectivity index (χ3v) is 4.53. The number of imidazole rings is 1. The molecule has 0 radical (unpaired) electrons. The first-order valence-electron chi connectivity index (χ1n) is 7.88. The zero-order valence-electron chi connectivity index (χ0n) is 13.5. The summed E-state index contributed by atoms with van der Waals surface area (Å²) in [5.74, 6) is 6.96. The van der Waals surface area contributed by atoms with Crippen LogP contribution in [-0.4, -0.2) is 52.3 Å². The van der Waals surface area contributed by atoms with Gasteiger partial charge in [0.15, 0.2) is 0 Å². The summed E-state index contributed by atoms with van der Waals surface area (Å²) in [5, 5.41) is 0. The highest BCUT2D eigenvalue weighted by molar-refractivity contribution is 5.02. The first-order chi connectivity index (χ1) is 10.1. The average Bonchev–Trinajstić information content (AvgIpc) is 2.93. The molecule has 2 heterocycles. The Hall–Kier alpha value is -0.950. The second-order valence-electron chi connectivity index (χ2n) is 6.21. The van der Waals surface area contributed by atoms with E-state index in [1.807, 2.05) is 12.4 Å². The van der Waals surface area contributed by atoms with Crippen molar-refractivity contribution in [3.63, 3.8) is 0 Å². The molecule has 0 aliphatic carbocycles. The number of hydrazine groups is 1. The lowest BCUT2D eigenvalue weighted by molar-refractivity contribution is -0.0236. The molecule has 1 saturated heterocycles. The summed E-state index contributed by atoms with van der Waals surface area (Å²) in [6.07, 6.45) is 5.86. The molecule has 21 heavy (non-hydrogen) atoms. The molecule has 1 aliphatic heterocycles. The molecule has 2 rings (SSSR count). The SMILES string of the molecule is CCCn1ccnc1CC(NN)C(C)(C)N1CCOCC1. The van der Waals surface area contributed by atoms with E-state index in [2.05, 4.69) is 40.6 Å². The van der Waals surface area contributed by atoms with Gasteiger partial charge in [0.25, 0.3) is 0 Å². The van der Waals surface area contributed by atoms with Gasteiger partial charge in [0.1, 0.15) is 5.82 Å². The Morgan fingerprint density at radius 3 is 2.76 bits per heavy atom. The fraction of sp³-hybridized carbons (Fsp3) is 0.800. The zero-order chi connectivity index (χ0) is 15.3. The van der Waals surface area contributed by atoms with E-state index in [1.54, 1.807) is 0 Å². The van der Waals surface area contributed by atoms with Crippen molar-refractivity contribution in [3.8, 4) is 0 Å². The topological polar surface area (TPSA) is 68.3 Å². The number of morpholine rings is 1. The molecule has 0 saturated carbocycles. The fourth-order valence-electron chi connectivity index (χ4n) is 3.03. The molecule has 0 bridgehead atoms. The lowest BCUT2D eigenvalue weighted by atomic mass is 9.89. The van der Waals surface area contributed by atoms with Gasteiger partial charge < -0.3 is 9.30 Å². The van der Waals surface area contributed by atoms with E-state index in [9.17, 15) is 0 Å². The fourth-order valence-corrected chi connectivity index (χ4v) is 3.03. The van der Waals surface area contributed by atoms with Crippen molar-refractivity contribution in [2.24, 2.45) is 5.84 Å². The van der Waals surface area contributed by atoms with Crippen LogP contribution in [0.15, 0.2) is 12.4 Å². The van der Waals surface area contributed by atoms with Crippen LogP contribution in [0, 0.1) is 0 Å². The van der Waals surface area contributed by atoms with Crippen LogP contribution in [0.4, 0.5) is 0 Å². The van der Waals surface area contributed by atoms with Crippen LogP contribution in [0.5, 0.6) is 0 Å². The van der Waals surface area contributed by atoms with E-state index in [-0.39, 0.29) is 11.6 Å². The molecule has 1 aliphatic rings. The molecular formula is C15H29N5O. The second kappa shape index (κ2) is 7.35. The molecule has 0 aromatic carbocycles. The quantitative estimate of drug-likeness (QED) is 0.575. The van der Waals surface area contributed by atoms with Crippen LogP contribution >= 0.6 is 0 Å². The smallest absolute Gasteiger partial charge is 0.110 e. The zero-order valence-corrected chi connectivity index (χ0v) is 13.5. The molecule has 0 amide bonds. The van der Waals surface area contributed by atoms with Crippen molar-refractivity contribution in [3.05, 3.63) is 18.2 Å². The van der Waals surface area contributed by atoms with Gasteiger partial charge in [0.2, 0.25) is 0 Å². The van der Waals surface area contributed by atoms with Crippen molar-refractivity contribution in [1.29, 1.82) is 0 Å². The van der Waals surface area contributed by atoms with Gasteiger partial charge in [-0.1, -0.05) is 6.92 Å². The number of aryl methyl sites for hydroxylation is 1. The van der Waals surface area contributed by atoms with E-state index in [0.29, 0.717) is 0 Å². The molecule has 3 N–H and O–H groups in total. The number of ether oxygens (including phenoxy) is 1. The van der Waals surface area contributed by atoms with Crippen molar-refractivity contribution >= 4 is 0 Å². The van der Waals surface area contributed by atoms with E-state index in [4.69, 9.17) is 10.6 Å². The Morgan fingerprint density at radius 2 is 2.14 bits per heavy atom. The monoisotopic (exact) mass is 295 g/mol. The summed E-state index contributed by atoms with van der Waals surface area (Å²) < 4.78 is 7.68. The molecule has 0 spiro atoms. The van der Waals surface area contributed by atoms with Crippen LogP contribution in [0.1, 0.15) is 33.0 Å². The lowest BCUT2D eigenvalue weighted by Gasteiger charge is -2.45. The van der Waals surface area contributed by atoms with Gasteiger partial charge in [-0.2, -0.15) is 0 Å². The van der Waals surface area contributed by atoms with Gasteiger partial charge in [-0.15, -0.1) is 0 Å². The Bertz CT molecular complexity index is 425. The Morgan fingerprint density at radius 1 is 1.43 bits per heavy atom. The standard InChI is InChI=1S/C15H29N5O/c1-4-6-19-7-5-17-14(19)12-13(18-16)15(2,3)20-8-10-21-11-9-20/h5,7,13,18H,4,6,8-12,16H2,1-3H3. The summed E-state index contributed by atoms with van der Waals surface area (Å²) in [7, 11) is 0. The van der Waals surface area contributed by atoms with E-state index in [1.165, 1.54) is 0 Å². The van der Waals surface area contributed by atoms with E-state index >= 15 is 0 Å². The van der Waals surface area contributed by atoms with Crippen molar-refractivity contribution in [1.82, 2.24) is 19.9 Å². The van der Waals surface area contributed by atoms with Crippen molar-refractivity contribution in [2.75, 3.05) is 26.3 Å². The lowest BCUT2D eigenvalue weighted by Crippen LogP contribution is -2.62. The number of aromatic nitrogens is 2. The van der Waals surface area contributed by atoms with E-state index < -0.39 is 0 Å². The highest BCUT2D eigenvalue weighted by atomic mass is 16.5. The third kappa shape index (κ3) is 3.83. The number of hydrogen-bond donors (Lipinski definition) is 2. The molecular weight excluding hydrogens is 266 g/mol. The van der Waals surface area contributed by atoms with Gasteiger partial charge in [0.05, 0.1) is 13.2 Å². The summed E-state index contributed by atoms with van der Waals surface area (Å²) in [5.41, 5.74) is 2.97. The molecule has 6 heteroatoms.